The number of thiophene rings is 1. The van der Waals surface area contributed by atoms with Crippen molar-refractivity contribution in [1.82, 2.24) is 15.1 Å². The van der Waals surface area contributed by atoms with Crippen LogP contribution in [0.2, 0.25) is 0 Å². The molecule has 0 aliphatic heterocycles. The Bertz CT molecular complexity index is 974. The molecule has 0 unspecified atom stereocenters. The topological polar surface area (TPSA) is 60.1 Å². The minimum Gasteiger partial charge on any atom is -0.469 e. The molecule has 1 N–H and O–H groups in total. The maximum atomic E-state index is 12.7. The van der Waals surface area contributed by atoms with Crippen LogP contribution < -0.4 is 5.32 Å². The predicted molar refractivity (Wildman–Crippen MR) is 102 cm³/mol. The number of para-hydroxylation sites is 1. The summed E-state index contributed by atoms with van der Waals surface area (Å²) in [6.45, 7) is 0.507. The first kappa shape index (κ1) is 16.4. The van der Waals surface area contributed by atoms with Gasteiger partial charge in [-0.05, 0) is 35.7 Å². The first-order chi connectivity index (χ1) is 12.8. The second kappa shape index (κ2) is 7.41. The fraction of sp³-hybridized carbons (Fsp3) is 0.100. The number of aromatic nitrogens is 2. The van der Waals surface area contributed by atoms with E-state index in [0.717, 1.165) is 16.3 Å². The van der Waals surface area contributed by atoms with Gasteiger partial charge in [-0.3, -0.25) is 4.79 Å². The van der Waals surface area contributed by atoms with Crippen molar-refractivity contribution in [3.05, 3.63) is 83.8 Å². The van der Waals surface area contributed by atoms with E-state index < -0.39 is 0 Å². The molecule has 0 aliphatic rings. The van der Waals surface area contributed by atoms with Crippen LogP contribution >= 0.6 is 11.3 Å². The largest absolute Gasteiger partial charge is 0.469 e. The monoisotopic (exact) mass is 363 g/mol. The highest BCUT2D eigenvalue weighted by Gasteiger charge is 2.19. The van der Waals surface area contributed by atoms with Gasteiger partial charge in [-0.15, -0.1) is 11.3 Å². The molecule has 3 heterocycles. The van der Waals surface area contributed by atoms with Gasteiger partial charge >= 0.3 is 0 Å². The number of amides is 1. The van der Waals surface area contributed by atoms with Gasteiger partial charge in [0.2, 0.25) is 0 Å². The molecule has 0 aliphatic carbocycles. The number of hydrogen-bond donors (Lipinski definition) is 1. The van der Waals surface area contributed by atoms with Crippen LogP contribution in [0, 0.1) is 0 Å². The highest BCUT2D eigenvalue weighted by Crippen LogP contribution is 2.27. The normalized spacial score (nSPS) is 10.8. The Kier molecular flexibility index (Phi) is 4.66. The zero-order valence-electron chi connectivity index (χ0n) is 14.0. The summed E-state index contributed by atoms with van der Waals surface area (Å²) in [6, 6.07) is 17.5. The third kappa shape index (κ3) is 3.45. The smallest absolute Gasteiger partial charge is 0.255 e. The molecule has 0 fully saturated rings. The molecule has 0 radical (unpaired) electrons. The number of nitrogens with zero attached hydrogens (tertiary/aromatic N) is 2. The molecule has 26 heavy (non-hydrogen) atoms. The van der Waals surface area contributed by atoms with E-state index in [1.54, 1.807) is 28.5 Å². The van der Waals surface area contributed by atoms with E-state index in [-0.39, 0.29) is 5.91 Å². The molecule has 3 aromatic heterocycles. The van der Waals surface area contributed by atoms with Crippen molar-refractivity contribution >= 4 is 17.2 Å². The van der Waals surface area contributed by atoms with E-state index >= 15 is 0 Å². The Morgan fingerprint density at radius 1 is 1.12 bits per heavy atom. The van der Waals surface area contributed by atoms with E-state index in [0.29, 0.717) is 24.2 Å². The van der Waals surface area contributed by atoms with Gasteiger partial charge in [0, 0.05) is 19.2 Å². The fourth-order valence-electron chi connectivity index (χ4n) is 2.70. The number of nitrogens with one attached hydrogen (secondary N) is 1. The van der Waals surface area contributed by atoms with Crippen LogP contribution in [0.15, 0.2) is 76.9 Å². The van der Waals surface area contributed by atoms with Crippen LogP contribution in [0.1, 0.15) is 16.1 Å². The molecule has 4 rings (SSSR count). The highest BCUT2D eigenvalue weighted by molar-refractivity contribution is 7.13. The Labute approximate surface area is 154 Å². The van der Waals surface area contributed by atoms with E-state index in [1.165, 1.54) is 0 Å². The van der Waals surface area contributed by atoms with Gasteiger partial charge in [0.1, 0.15) is 11.5 Å². The Morgan fingerprint density at radius 3 is 2.73 bits per heavy atom. The number of hydrogen-bond acceptors (Lipinski definition) is 4. The molecule has 1 aromatic carbocycles. The van der Waals surface area contributed by atoms with Gasteiger partial charge in [-0.2, -0.15) is 5.10 Å². The van der Waals surface area contributed by atoms with Crippen LogP contribution in [0.4, 0.5) is 0 Å². The van der Waals surface area contributed by atoms with Gasteiger partial charge in [-0.25, -0.2) is 4.68 Å². The Morgan fingerprint density at radius 2 is 2.00 bits per heavy atom. The first-order valence-electron chi connectivity index (χ1n) is 8.31. The van der Waals surface area contributed by atoms with Crippen molar-refractivity contribution in [2.24, 2.45) is 0 Å². The zero-order valence-corrected chi connectivity index (χ0v) is 14.8. The van der Waals surface area contributed by atoms with E-state index in [4.69, 9.17) is 4.42 Å². The molecular weight excluding hydrogens is 346 g/mol. The molecule has 5 nitrogen and oxygen atoms in total. The average Bonchev–Trinajstić information content (AvgIpc) is 3.42. The third-order valence-electron chi connectivity index (χ3n) is 3.97. The van der Waals surface area contributed by atoms with Crippen molar-refractivity contribution in [2.45, 2.75) is 6.42 Å². The van der Waals surface area contributed by atoms with Crippen molar-refractivity contribution in [1.29, 1.82) is 0 Å². The molecule has 130 valence electrons. The standard InChI is InChI=1S/C20H17N3O2S/c24-20(21-11-10-16-8-4-12-25-16)17-14-23(15-6-2-1-3-7-15)22-19(17)18-9-5-13-26-18/h1-9,12-14H,10-11H2,(H,21,24). The van der Waals surface area contributed by atoms with Crippen LogP contribution in [0.3, 0.4) is 0 Å². The van der Waals surface area contributed by atoms with Crippen LogP contribution in [-0.4, -0.2) is 22.2 Å². The lowest BCUT2D eigenvalue weighted by molar-refractivity contribution is 0.0954. The van der Waals surface area contributed by atoms with Crippen molar-refractivity contribution in [2.75, 3.05) is 6.54 Å². The van der Waals surface area contributed by atoms with Crippen LogP contribution in [0.25, 0.3) is 16.3 Å². The van der Waals surface area contributed by atoms with E-state index in [1.807, 2.05) is 60.0 Å². The van der Waals surface area contributed by atoms with Crippen LogP contribution in [-0.2, 0) is 6.42 Å². The predicted octanol–water partition coefficient (Wildman–Crippen LogP) is 4.17. The van der Waals surface area contributed by atoms with Gasteiger partial charge in [-0.1, -0.05) is 24.3 Å². The average molecular weight is 363 g/mol. The minimum absolute atomic E-state index is 0.137. The lowest BCUT2D eigenvalue weighted by Gasteiger charge is -2.03. The van der Waals surface area contributed by atoms with Gasteiger partial charge in [0.15, 0.2) is 0 Å². The summed E-state index contributed by atoms with van der Waals surface area (Å²) >= 11 is 1.57. The highest BCUT2D eigenvalue weighted by atomic mass is 32.1. The fourth-order valence-corrected chi connectivity index (χ4v) is 3.42. The van der Waals surface area contributed by atoms with Gasteiger partial charge in [0.25, 0.3) is 5.91 Å². The summed E-state index contributed by atoms with van der Waals surface area (Å²) in [5.74, 6) is 0.714. The van der Waals surface area contributed by atoms with Crippen LogP contribution in [0.5, 0.6) is 0 Å². The molecule has 0 atom stereocenters. The molecule has 0 saturated heterocycles. The van der Waals surface area contributed by atoms with E-state index in [2.05, 4.69) is 10.4 Å². The number of benzene rings is 1. The maximum absolute atomic E-state index is 12.7. The quantitative estimate of drug-likeness (QED) is 0.559. The number of furan rings is 1. The molecule has 1 amide bonds. The summed E-state index contributed by atoms with van der Waals surface area (Å²) in [5, 5.41) is 9.59. The summed E-state index contributed by atoms with van der Waals surface area (Å²) in [4.78, 5) is 13.7. The molecule has 0 saturated carbocycles. The maximum Gasteiger partial charge on any atom is 0.255 e. The lowest BCUT2D eigenvalue weighted by Crippen LogP contribution is -2.25. The van der Waals surface area contributed by atoms with Gasteiger partial charge in [0.05, 0.1) is 22.4 Å². The molecule has 4 aromatic rings. The first-order valence-corrected chi connectivity index (χ1v) is 9.19. The van der Waals surface area contributed by atoms with Gasteiger partial charge < -0.3 is 9.73 Å². The van der Waals surface area contributed by atoms with Crippen molar-refractivity contribution in [3.63, 3.8) is 0 Å². The lowest BCUT2D eigenvalue weighted by atomic mass is 10.2. The summed E-state index contributed by atoms with van der Waals surface area (Å²) in [6.07, 6.45) is 4.07. The minimum atomic E-state index is -0.137. The number of carbonyl (C=O) groups is 1. The van der Waals surface area contributed by atoms with Crippen molar-refractivity contribution < 1.29 is 9.21 Å². The summed E-state index contributed by atoms with van der Waals surface area (Å²) in [5.41, 5.74) is 2.18. The Balaban J connectivity index is 1.59. The molecular formula is C20H17N3O2S. The Hall–Kier alpha value is -3.12. The molecule has 0 spiro atoms. The SMILES string of the molecule is O=C(NCCc1ccco1)c1cn(-c2ccccc2)nc1-c1cccs1. The molecule has 6 heteroatoms. The summed E-state index contributed by atoms with van der Waals surface area (Å²) < 4.78 is 7.05. The number of carbonyl (C=O) groups excluding carboxylic acids is 1. The second-order valence-electron chi connectivity index (χ2n) is 5.73. The van der Waals surface area contributed by atoms with E-state index in [9.17, 15) is 4.79 Å². The molecule has 0 bridgehead atoms. The third-order valence-corrected chi connectivity index (χ3v) is 4.85. The number of rotatable bonds is 6. The second-order valence-corrected chi connectivity index (χ2v) is 6.68. The van der Waals surface area contributed by atoms with Crippen molar-refractivity contribution in [3.8, 4) is 16.3 Å². The summed E-state index contributed by atoms with van der Waals surface area (Å²) in [7, 11) is 0. The zero-order chi connectivity index (χ0) is 17.8.